The smallest absolute Gasteiger partial charge is 0.148 e. The van der Waals surface area contributed by atoms with Crippen molar-refractivity contribution in [3.05, 3.63) is 11.4 Å². The summed E-state index contributed by atoms with van der Waals surface area (Å²) in [6, 6.07) is 0. The number of nitrogen functional groups attached to an aromatic ring is 1. The first-order chi connectivity index (χ1) is 9.08. The fourth-order valence-corrected chi connectivity index (χ4v) is 2.28. The highest BCUT2D eigenvalue weighted by Gasteiger charge is 2.29. The van der Waals surface area contributed by atoms with Crippen molar-refractivity contribution in [3.8, 4) is 0 Å². The van der Waals surface area contributed by atoms with Gasteiger partial charge in [0, 0.05) is 25.1 Å². The van der Waals surface area contributed by atoms with Crippen molar-refractivity contribution >= 4 is 11.6 Å². The number of ether oxygens (including phenoxy) is 1. The van der Waals surface area contributed by atoms with Crippen LogP contribution in [-0.4, -0.2) is 28.7 Å². The van der Waals surface area contributed by atoms with Crippen molar-refractivity contribution in [3.63, 3.8) is 0 Å². The number of nitrogens with one attached hydrogen (secondary N) is 2. The van der Waals surface area contributed by atoms with Gasteiger partial charge in [-0.3, -0.25) is 0 Å². The van der Waals surface area contributed by atoms with Crippen molar-refractivity contribution in [1.29, 1.82) is 0 Å². The Morgan fingerprint density at radius 2 is 2.11 bits per heavy atom. The summed E-state index contributed by atoms with van der Waals surface area (Å²) in [5, 5.41) is 3.37. The van der Waals surface area contributed by atoms with Crippen LogP contribution in [0.4, 0.5) is 11.6 Å². The molecule has 19 heavy (non-hydrogen) atoms. The summed E-state index contributed by atoms with van der Waals surface area (Å²) in [5.74, 6) is 7.77. The minimum atomic E-state index is -0.0971. The van der Waals surface area contributed by atoms with Gasteiger partial charge in [0.05, 0.1) is 5.60 Å². The van der Waals surface area contributed by atoms with E-state index in [2.05, 4.69) is 27.6 Å². The summed E-state index contributed by atoms with van der Waals surface area (Å²) in [6.07, 6.45) is 2.97. The standard InChI is InChI=1S/C13H23N5O/c1-4-10-16-11(9(2)12(17-10)18-14)15-8-13(3)6-5-7-19-13/h4-8,14H2,1-3H3,(H2,15,16,17,18). The van der Waals surface area contributed by atoms with E-state index in [1.165, 1.54) is 0 Å². The minimum Gasteiger partial charge on any atom is -0.373 e. The van der Waals surface area contributed by atoms with Crippen LogP contribution in [-0.2, 0) is 11.2 Å². The monoisotopic (exact) mass is 265 g/mol. The molecule has 0 aliphatic carbocycles. The Balaban J connectivity index is 2.14. The lowest BCUT2D eigenvalue weighted by Gasteiger charge is -2.24. The molecular formula is C13H23N5O. The van der Waals surface area contributed by atoms with Gasteiger partial charge in [-0.25, -0.2) is 15.8 Å². The number of aromatic nitrogens is 2. The highest BCUT2D eigenvalue weighted by molar-refractivity contribution is 5.56. The Bertz CT molecular complexity index is 443. The number of rotatable bonds is 5. The molecule has 0 spiro atoms. The fraction of sp³-hybridized carbons (Fsp3) is 0.692. The highest BCUT2D eigenvalue weighted by Crippen LogP contribution is 2.26. The average molecular weight is 265 g/mol. The van der Waals surface area contributed by atoms with Gasteiger partial charge in [0.2, 0.25) is 0 Å². The van der Waals surface area contributed by atoms with Crippen LogP contribution in [0.1, 0.15) is 38.1 Å². The Labute approximate surface area is 114 Å². The van der Waals surface area contributed by atoms with Gasteiger partial charge in [-0.1, -0.05) is 6.92 Å². The van der Waals surface area contributed by atoms with Gasteiger partial charge in [-0.05, 0) is 26.7 Å². The molecule has 0 saturated carbocycles. The summed E-state index contributed by atoms with van der Waals surface area (Å²) in [6.45, 7) is 7.70. The van der Waals surface area contributed by atoms with Crippen LogP contribution in [0, 0.1) is 6.92 Å². The molecule has 1 fully saturated rings. The molecule has 2 heterocycles. The summed E-state index contributed by atoms with van der Waals surface area (Å²) >= 11 is 0. The van der Waals surface area contributed by atoms with Crippen LogP contribution in [0.3, 0.4) is 0 Å². The molecule has 0 radical (unpaired) electrons. The van der Waals surface area contributed by atoms with E-state index in [9.17, 15) is 0 Å². The maximum atomic E-state index is 5.77. The molecule has 4 N–H and O–H groups in total. The average Bonchev–Trinajstić information content (AvgIpc) is 2.85. The Kier molecular flexibility index (Phi) is 4.21. The molecule has 6 heteroatoms. The first-order valence-corrected chi connectivity index (χ1v) is 6.80. The third-order valence-corrected chi connectivity index (χ3v) is 3.58. The Morgan fingerprint density at radius 1 is 1.37 bits per heavy atom. The van der Waals surface area contributed by atoms with E-state index in [0.717, 1.165) is 49.6 Å². The zero-order valence-corrected chi connectivity index (χ0v) is 11.9. The molecule has 1 atom stereocenters. The van der Waals surface area contributed by atoms with Gasteiger partial charge in [-0.15, -0.1) is 0 Å². The van der Waals surface area contributed by atoms with Gasteiger partial charge >= 0.3 is 0 Å². The van der Waals surface area contributed by atoms with Crippen molar-refractivity contribution in [2.75, 3.05) is 23.9 Å². The lowest BCUT2D eigenvalue weighted by Crippen LogP contribution is -2.33. The lowest BCUT2D eigenvalue weighted by atomic mass is 10.0. The maximum absolute atomic E-state index is 5.77. The molecular weight excluding hydrogens is 242 g/mol. The molecule has 1 unspecified atom stereocenters. The van der Waals surface area contributed by atoms with Gasteiger partial charge in [0.25, 0.3) is 0 Å². The number of hydrogen-bond acceptors (Lipinski definition) is 6. The lowest BCUT2D eigenvalue weighted by molar-refractivity contribution is 0.0314. The number of nitrogens with zero attached hydrogens (tertiary/aromatic N) is 2. The van der Waals surface area contributed by atoms with E-state index < -0.39 is 0 Å². The highest BCUT2D eigenvalue weighted by atomic mass is 16.5. The van der Waals surface area contributed by atoms with Crippen LogP contribution >= 0.6 is 0 Å². The van der Waals surface area contributed by atoms with E-state index in [1.807, 2.05) is 13.8 Å². The third-order valence-electron chi connectivity index (χ3n) is 3.58. The second-order valence-electron chi connectivity index (χ2n) is 5.22. The normalized spacial score (nSPS) is 22.5. The minimum absolute atomic E-state index is 0.0971. The molecule has 2 rings (SSSR count). The second-order valence-corrected chi connectivity index (χ2v) is 5.22. The SMILES string of the molecule is CCc1nc(NN)c(C)c(NCC2(C)CCCO2)n1. The molecule has 1 aliphatic rings. The number of hydrazine groups is 1. The van der Waals surface area contributed by atoms with E-state index in [-0.39, 0.29) is 5.60 Å². The van der Waals surface area contributed by atoms with E-state index in [0.29, 0.717) is 5.82 Å². The first-order valence-electron chi connectivity index (χ1n) is 6.80. The number of aryl methyl sites for hydroxylation is 1. The summed E-state index contributed by atoms with van der Waals surface area (Å²) in [5.41, 5.74) is 3.46. The molecule has 0 aromatic carbocycles. The molecule has 1 aromatic rings. The predicted octanol–water partition coefficient (Wildman–Crippen LogP) is 1.61. The summed E-state index contributed by atoms with van der Waals surface area (Å²) < 4.78 is 5.77. The zero-order chi connectivity index (χ0) is 13.9. The molecule has 0 bridgehead atoms. The Hall–Kier alpha value is -1.40. The summed E-state index contributed by atoms with van der Waals surface area (Å²) in [7, 11) is 0. The first kappa shape index (κ1) is 14.0. The predicted molar refractivity (Wildman–Crippen MR) is 76.0 cm³/mol. The largest absolute Gasteiger partial charge is 0.373 e. The van der Waals surface area contributed by atoms with Crippen molar-refractivity contribution in [2.45, 2.75) is 45.6 Å². The van der Waals surface area contributed by atoms with Gasteiger partial charge in [-0.2, -0.15) is 0 Å². The quantitative estimate of drug-likeness (QED) is 0.554. The molecule has 106 valence electrons. The van der Waals surface area contributed by atoms with Gasteiger partial charge in [0.1, 0.15) is 17.5 Å². The number of anilines is 2. The van der Waals surface area contributed by atoms with E-state index in [4.69, 9.17) is 10.6 Å². The van der Waals surface area contributed by atoms with Crippen LogP contribution in [0.25, 0.3) is 0 Å². The van der Waals surface area contributed by atoms with Crippen molar-refractivity contribution < 1.29 is 4.74 Å². The molecule has 1 saturated heterocycles. The number of nitrogens with two attached hydrogens (primary N) is 1. The molecule has 6 nitrogen and oxygen atoms in total. The molecule has 1 aromatic heterocycles. The maximum Gasteiger partial charge on any atom is 0.148 e. The third kappa shape index (κ3) is 3.13. The number of hydrogen-bond donors (Lipinski definition) is 3. The van der Waals surface area contributed by atoms with Crippen LogP contribution in [0.5, 0.6) is 0 Å². The van der Waals surface area contributed by atoms with Crippen molar-refractivity contribution in [2.24, 2.45) is 5.84 Å². The van der Waals surface area contributed by atoms with Crippen LogP contribution in [0.15, 0.2) is 0 Å². The summed E-state index contributed by atoms with van der Waals surface area (Å²) in [4.78, 5) is 8.87. The van der Waals surface area contributed by atoms with Crippen molar-refractivity contribution in [1.82, 2.24) is 9.97 Å². The van der Waals surface area contributed by atoms with Crippen LogP contribution < -0.4 is 16.6 Å². The van der Waals surface area contributed by atoms with Gasteiger partial charge in [0.15, 0.2) is 0 Å². The van der Waals surface area contributed by atoms with Crippen LogP contribution in [0.2, 0.25) is 0 Å². The van der Waals surface area contributed by atoms with Gasteiger partial charge < -0.3 is 15.5 Å². The second kappa shape index (κ2) is 5.71. The molecule has 1 aliphatic heterocycles. The van der Waals surface area contributed by atoms with E-state index in [1.54, 1.807) is 0 Å². The zero-order valence-electron chi connectivity index (χ0n) is 11.9. The topological polar surface area (TPSA) is 85.1 Å². The Morgan fingerprint density at radius 3 is 2.68 bits per heavy atom. The fourth-order valence-electron chi connectivity index (χ4n) is 2.28. The molecule has 0 amide bonds. The van der Waals surface area contributed by atoms with E-state index >= 15 is 0 Å².